The first-order valence-electron chi connectivity index (χ1n) is 6.55. The molecule has 1 heterocycles. The molecule has 21 heavy (non-hydrogen) atoms. The number of amides is 2. The van der Waals surface area contributed by atoms with Crippen LogP contribution in [0.1, 0.15) is 12.5 Å². The summed E-state index contributed by atoms with van der Waals surface area (Å²) in [4.78, 5) is 24.7. The Bertz CT molecular complexity index is 479. The molecule has 0 aliphatic rings. The number of likely N-dealkylation sites (N-methyl/N-ethyl adjacent to an activating group) is 1. The first-order chi connectivity index (χ1) is 9.97. The number of hydrogen-bond acceptors (Lipinski definition) is 5. The van der Waals surface area contributed by atoms with E-state index in [1.54, 1.807) is 6.92 Å². The lowest BCUT2D eigenvalue weighted by molar-refractivity contribution is -0.132. The zero-order valence-corrected chi connectivity index (χ0v) is 12.7. The van der Waals surface area contributed by atoms with Crippen molar-refractivity contribution in [1.82, 2.24) is 10.2 Å². The molecule has 2 amide bonds. The van der Waals surface area contributed by atoms with Gasteiger partial charge in [0.25, 0.3) is 0 Å². The molecule has 1 atom stereocenters. The van der Waals surface area contributed by atoms with Gasteiger partial charge in [0.1, 0.15) is 0 Å². The maximum Gasteiger partial charge on any atom is 0.475 e. The summed E-state index contributed by atoms with van der Waals surface area (Å²) in [5.41, 5.74) is 0.910. The van der Waals surface area contributed by atoms with Crippen LogP contribution in [0.25, 0.3) is 0 Å². The highest BCUT2D eigenvalue weighted by molar-refractivity contribution is 7.07. The predicted molar refractivity (Wildman–Crippen MR) is 82.6 cm³/mol. The Morgan fingerprint density at radius 1 is 1.57 bits per heavy atom. The van der Waals surface area contributed by atoms with Gasteiger partial charge in [0.15, 0.2) is 0 Å². The molecule has 0 bridgehead atoms. The normalized spacial score (nSPS) is 11.6. The third kappa shape index (κ3) is 5.70. The van der Waals surface area contributed by atoms with Crippen molar-refractivity contribution in [2.75, 3.05) is 13.1 Å². The fourth-order valence-corrected chi connectivity index (χ4v) is 2.48. The Hall–Kier alpha value is -1.64. The Morgan fingerprint density at radius 3 is 2.76 bits per heavy atom. The van der Waals surface area contributed by atoms with Gasteiger partial charge < -0.3 is 20.3 Å². The molecule has 1 rings (SSSR count). The van der Waals surface area contributed by atoms with Crippen LogP contribution >= 0.6 is 11.3 Å². The van der Waals surface area contributed by atoms with E-state index < -0.39 is 19.0 Å². The minimum absolute atomic E-state index is 0.145. The Labute approximate surface area is 128 Å². The number of nitrogens with one attached hydrogen (secondary N) is 1. The smallest absolute Gasteiger partial charge is 0.426 e. The van der Waals surface area contributed by atoms with Crippen molar-refractivity contribution in [3.8, 4) is 0 Å². The van der Waals surface area contributed by atoms with Gasteiger partial charge in [-0.2, -0.15) is 11.3 Å². The first kappa shape index (κ1) is 17.4. The quantitative estimate of drug-likeness (QED) is 0.459. The van der Waals surface area contributed by atoms with E-state index in [1.807, 2.05) is 16.8 Å². The second-order valence-electron chi connectivity index (χ2n) is 4.48. The van der Waals surface area contributed by atoms with Gasteiger partial charge in [0, 0.05) is 6.54 Å². The van der Waals surface area contributed by atoms with E-state index in [2.05, 4.69) is 11.9 Å². The summed E-state index contributed by atoms with van der Waals surface area (Å²) in [5, 5.41) is 25.0. The maximum absolute atomic E-state index is 11.9. The minimum Gasteiger partial charge on any atom is -0.426 e. The van der Waals surface area contributed by atoms with Crippen LogP contribution in [-0.4, -0.2) is 52.9 Å². The van der Waals surface area contributed by atoms with E-state index in [4.69, 9.17) is 0 Å². The molecule has 0 saturated carbocycles. The summed E-state index contributed by atoms with van der Waals surface area (Å²) in [7, 11) is -1.67. The molecular formula is C13H19BN2O4S. The van der Waals surface area contributed by atoms with Gasteiger partial charge in [-0.3, -0.25) is 9.59 Å². The minimum atomic E-state index is -1.67. The largest absolute Gasteiger partial charge is 0.475 e. The topological polar surface area (TPSA) is 89.9 Å². The summed E-state index contributed by atoms with van der Waals surface area (Å²) in [6, 6.07) is 1.85. The molecule has 0 unspecified atom stereocenters. The summed E-state index contributed by atoms with van der Waals surface area (Å²) in [5.74, 6) is -1.60. The summed E-state index contributed by atoms with van der Waals surface area (Å²) >= 11 is 1.49. The standard InChI is InChI=1S/C13H19BN2O4S/c1-3-13(18)16(4-2)8-12(17)15-11(14(19)20)7-10-5-6-21-9-10/h3,5-6,9,11,19-20H,1,4,7-8H2,2H3,(H,15,17)/t11-/m0/s1. The molecule has 0 aliphatic carbocycles. The number of carbonyl (C=O) groups is 2. The van der Waals surface area contributed by atoms with Gasteiger partial charge in [0.2, 0.25) is 11.8 Å². The number of hydrogen-bond donors (Lipinski definition) is 3. The molecule has 8 heteroatoms. The fraction of sp³-hybridized carbons (Fsp3) is 0.385. The molecule has 0 spiro atoms. The van der Waals surface area contributed by atoms with Crippen molar-refractivity contribution in [2.24, 2.45) is 0 Å². The molecule has 0 aromatic carbocycles. The Balaban J connectivity index is 2.60. The van der Waals surface area contributed by atoms with Gasteiger partial charge >= 0.3 is 7.12 Å². The van der Waals surface area contributed by atoms with Crippen LogP contribution in [0.5, 0.6) is 0 Å². The summed E-state index contributed by atoms with van der Waals surface area (Å²) < 4.78 is 0. The molecule has 114 valence electrons. The number of rotatable bonds is 8. The van der Waals surface area contributed by atoms with E-state index in [0.29, 0.717) is 13.0 Å². The van der Waals surface area contributed by atoms with Gasteiger partial charge in [0.05, 0.1) is 12.5 Å². The van der Waals surface area contributed by atoms with Gasteiger partial charge in [-0.1, -0.05) is 6.58 Å². The van der Waals surface area contributed by atoms with E-state index in [0.717, 1.165) is 11.6 Å². The van der Waals surface area contributed by atoms with Crippen molar-refractivity contribution in [3.05, 3.63) is 35.0 Å². The SMILES string of the molecule is C=CC(=O)N(CC)CC(=O)N[C@@H](Cc1ccsc1)B(O)O. The molecule has 1 aromatic heterocycles. The number of nitrogens with zero attached hydrogens (tertiary/aromatic N) is 1. The van der Waals surface area contributed by atoms with Crippen LogP contribution in [0.15, 0.2) is 29.5 Å². The molecule has 0 aliphatic heterocycles. The van der Waals surface area contributed by atoms with Gasteiger partial charge in [-0.05, 0) is 41.8 Å². The lowest BCUT2D eigenvalue weighted by Gasteiger charge is -2.22. The molecule has 0 radical (unpaired) electrons. The van der Waals surface area contributed by atoms with Crippen LogP contribution < -0.4 is 5.32 Å². The summed E-state index contributed by atoms with van der Waals surface area (Å²) in [6.07, 6.45) is 1.45. The second kappa shape index (κ2) is 8.61. The van der Waals surface area contributed by atoms with Crippen molar-refractivity contribution >= 4 is 30.3 Å². The lowest BCUT2D eigenvalue weighted by Crippen LogP contribution is -2.51. The third-order valence-electron chi connectivity index (χ3n) is 2.94. The maximum atomic E-state index is 11.9. The van der Waals surface area contributed by atoms with Crippen LogP contribution in [0.2, 0.25) is 0 Å². The second-order valence-corrected chi connectivity index (χ2v) is 5.26. The average molecular weight is 310 g/mol. The van der Waals surface area contributed by atoms with E-state index in [-0.39, 0.29) is 12.5 Å². The molecule has 6 nitrogen and oxygen atoms in total. The van der Waals surface area contributed by atoms with Crippen LogP contribution in [0, 0.1) is 0 Å². The van der Waals surface area contributed by atoms with Crippen molar-refractivity contribution in [1.29, 1.82) is 0 Å². The lowest BCUT2D eigenvalue weighted by atomic mass is 9.76. The average Bonchev–Trinajstić information content (AvgIpc) is 2.96. The highest BCUT2D eigenvalue weighted by Gasteiger charge is 2.26. The highest BCUT2D eigenvalue weighted by Crippen LogP contribution is 2.09. The zero-order valence-electron chi connectivity index (χ0n) is 11.9. The van der Waals surface area contributed by atoms with Gasteiger partial charge in [-0.15, -0.1) is 0 Å². The van der Waals surface area contributed by atoms with Crippen molar-refractivity contribution in [2.45, 2.75) is 19.3 Å². The molecule has 0 saturated heterocycles. The molecule has 1 aromatic rings. The third-order valence-corrected chi connectivity index (χ3v) is 3.68. The monoisotopic (exact) mass is 310 g/mol. The Kier molecular flexibility index (Phi) is 7.14. The van der Waals surface area contributed by atoms with Gasteiger partial charge in [-0.25, -0.2) is 0 Å². The summed E-state index contributed by atoms with van der Waals surface area (Å²) in [6.45, 7) is 5.35. The fourth-order valence-electron chi connectivity index (χ4n) is 1.79. The van der Waals surface area contributed by atoms with Crippen molar-refractivity contribution in [3.63, 3.8) is 0 Å². The molecular weight excluding hydrogens is 291 g/mol. The Morgan fingerprint density at radius 2 is 2.29 bits per heavy atom. The van der Waals surface area contributed by atoms with Crippen LogP contribution in [0.4, 0.5) is 0 Å². The first-order valence-corrected chi connectivity index (χ1v) is 7.50. The number of thiophene rings is 1. The van der Waals surface area contributed by atoms with E-state index in [1.165, 1.54) is 16.2 Å². The van der Waals surface area contributed by atoms with E-state index in [9.17, 15) is 19.6 Å². The molecule has 3 N–H and O–H groups in total. The predicted octanol–water partition coefficient (Wildman–Crippen LogP) is -0.178. The zero-order chi connectivity index (χ0) is 15.8. The van der Waals surface area contributed by atoms with Crippen molar-refractivity contribution < 1.29 is 19.6 Å². The molecule has 0 fully saturated rings. The van der Waals surface area contributed by atoms with E-state index >= 15 is 0 Å². The van der Waals surface area contributed by atoms with Crippen LogP contribution in [-0.2, 0) is 16.0 Å². The highest BCUT2D eigenvalue weighted by atomic mass is 32.1. The van der Waals surface area contributed by atoms with Crippen LogP contribution in [0.3, 0.4) is 0 Å². The number of carbonyl (C=O) groups excluding carboxylic acids is 2.